The molecule has 7 nitrogen and oxygen atoms in total. The van der Waals surface area contributed by atoms with Gasteiger partial charge in [-0.05, 0) is 17.7 Å². The molecule has 1 aliphatic rings. The zero-order valence-corrected chi connectivity index (χ0v) is 11.8. The van der Waals surface area contributed by atoms with E-state index in [0.717, 1.165) is 5.56 Å². The van der Waals surface area contributed by atoms with E-state index in [1.54, 1.807) is 17.0 Å². The summed E-state index contributed by atoms with van der Waals surface area (Å²) in [5.74, 6) is -0.0242. The van der Waals surface area contributed by atoms with Crippen molar-refractivity contribution in [1.82, 2.24) is 9.21 Å². The Balaban J connectivity index is 1.90. The van der Waals surface area contributed by atoms with Crippen molar-refractivity contribution >= 4 is 21.8 Å². The topological polar surface area (TPSA) is 110 Å². The van der Waals surface area contributed by atoms with Gasteiger partial charge in [-0.2, -0.15) is 12.7 Å². The van der Waals surface area contributed by atoms with Gasteiger partial charge in [0.2, 0.25) is 5.91 Å². The Morgan fingerprint density at radius 2 is 1.65 bits per heavy atom. The highest BCUT2D eigenvalue weighted by molar-refractivity contribution is 7.86. The van der Waals surface area contributed by atoms with Crippen LogP contribution < -0.4 is 10.9 Å². The molecule has 1 heterocycles. The van der Waals surface area contributed by atoms with E-state index in [4.69, 9.17) is 10.9 Å². The number of carbonyl (C=O) groups excluding carboxylic acids is 1. The van der Waals surface area contributed by atoms with E-state index in [1.807, 2.05) is 12.1 Å². The van der Waals surface area contributed by atoms with Gasteiger partial charge in [-0.1, -0.05) is 12.1 Å². The minimum Gasteiger partial charge on any atom is -0.399 e. The molecule has 0 radical (unpaired) electrons. The lowest BCUT2D eigenvalue weighted by Gasteiger charge is -2.33. The monoisotopic (exact) mass is 298 g/mol. The van der Waals surface area contributed by atoms with Crippen LogP contribution in [-0.4, -0.2) is 49.7 Å². The summed E-state index contributed by atoms with van der Waals surface area (Å²) in [6, 6.07) is 7.13. The number of hydrogen-bond acceptors (Lipinski definition) is 4. The Kier molecular flexibility index (Phi) is 4.26. The SMILES string of the molecule is Nc1ccc(CC(=O)N2CCN(S(N)(=O)=O)CC2)cc1. The summed E-state index contributed by atoms with van der Waals surface area (Å²) >= 11 is 0. The van der Waals surface area contributed by atoms with E-state index >= 15 is 0 Å². The molecule has 2 rings (SSSR count). The van der Waals surface area contributed by atoms with Crippen molar-refractivity contribution in [3.63, 3.8) is 0 Å². The second kappa shape index (κ2) is 5.78. The summed E-state index contributed by atoms with van der Waals surface area (Å²) in [7, 11) is -3.66. The van der Waals surface area contributed by atoms with Gasteiger partial charge in [-0.25, -0.2) is 5.14 Å². The molecule has 1 saturated heterocycles. The maximum Gasteiger partial charge on any atom is 0.277 e. The third-order valence-electron chi connectivity index (χ3n) is 3.29. The third kappa shape index (κ3) is 3.69. The normalized spacial score (nSPS) is 17.1. The van der Waals surface area contributed by atoms with Gasteiger partial charge in [0.25, 0.3) is 10.2 Å². The minimum atomic E-state index is -3.66. The Bertz CT molecular complexity index is 577. The van der Waals surface area contributed by atoms with Crippen molar-refractivity contribution in [2.75, 3.05) is 31.9 Å². The van der Waals surface area contributed by atoms with Crippen LogP contribution in [0.2, 0.25) is 0 Å². The summed E-state index contributed by atoms with van der Waals surface area (Å²) < 4.78 is 23.5. The molecule has 0 bridgehead atoms. The van der Waals surface area contributed by atoms with Crippen LogP contribution >= 0.6 is 0 Å². The first-order valence-corrected chi connectivity index (χ1v) is 7.76. The van der Waals surface area contributed by atoms with Crippen LogP contribution in [0.25, 0.3) is 0 Å². The maximum atomic E-state index is 12.1. The van der Waals surface area contributed by atoms with Crippen molar-refractivity contribution in [2.24, 2.45) is 5.14 Å². The van der Waals surface area contributed by atoms with Crippen LogP contribution in [0, 0.1) is 0 Å². The van der Waals surface area contributed by atoms with E-state index in [1.165, 1.54) is 4.31 Å². The molecule has 1 aliphatic heterocycles. The second-order valence-corrected chi connectivity index (χ2v) is 6.29. The molecular weight excluding hydrogens is 280 g/mol. The first-order chi connectivity index (χ1) is 9.36. The molecule has 1 aromatic rings. The summed E-state index contributed by atoms with van der Waals surface area (Å²) in [5.41, 5.74) is 7.13. The van der Waals surface area contributed by atoms with Crippen LogP contribution in [0.15, 0.2) is 24.3 Å². The number of nitrogens with two attached hydrogens (primary N) is 2. The van der Waals surface area contributed by atoms with Gasteiger partial charge in [0.1, 0.15) is 0 Å². The highest BCUT2D eigenvalue weighted by Gasteiger charge is 2.26. The van der Waals surface area contributed by atoms with E-state index in [0.29, 0.717) is 18.8 Å². The molecule has 0 atom stereocenters. The molecule has 1 amide bonds. The molecule has 0 aliphatic carbocycles. The van der Waals surface area contributed by atoms with Gasteiger partial charge in [-0.3, -0.25) is 4.79 Å². The van der Waals surface area contributed by atoms with Crippen LogP contribution in [-0.2, 0) is 21.4 Å². The van der Waals surface area contributed by atoms with E-state index in [2.05, 4.69) is 0 Å². The summed E-state index contributed by atoms with van der Waals surface area (Å²) in [5, 5.41) is 5.05. The number of nitrogen functional groups attached to an aromatic ring is 1. The Labute approximate surface area is 118 Å². The maximum absolute atomic E-state index is 12.1. The number of carbonyl (C=O) groups is 1. The lowest BCUT2D eigenvalue weighted by molar-refractivity contribution is -0.131. The van der Waals surface area contributed by atoms with E-state index in [-0.39, 0.29) is 25.4 Å². The molecule has 8 heteroatoms. The van der Waals surface area contributed by atoms with Gasteiger partial charge in [0, 0.05) is 31.9 Å². The Morgan fingerprint density at radius 3 is 2.15 bits per heavy atom. The molecule has 110 valence electrons. The number of nitrogens with zero attached hydrogens (tertiary/aromatic N) is 2. The summed E-state index contributed by atoms with van der Waals surface area (Å²) in [6.45, 7) is 1.22. The molecule has 0 spiro atoms. The standard InChI is InChI=1S/C12H18N4O3S/c13-11-3-1-10(2-4-11)9-12(17)15-5-7-16(8-6-15)20(14,18)19/h1-4H,5-9,13H2,(H2,14,18,19). The fourth-order valence-corrected chi connectivity index (χ4v) is 2.79. The molecule has 4 N–H and O–H groups in total. The van der Waals surface area contributed by atoms with Crippen LogP contribution in [0.5, 0.6) is 0 Å². The predicted molar refractivity (Wildman–Crippen MR) is 75.8 cm³/mol. The molecular formula is C12H18N4O3S. The van der Waals surface area contributed by atoms with Gasteiger partial charge < -0.3 is 10.6 Å². The Morgan fingerprint density at radius 1 is 1.10 bits per heavy atom. The molecule has 0 aromatic heterocycles. The van der Waals surface area contributed by atoms with Gasteiger partial charge >= 0.3 is 0 Å². The van der Waals surface area contributed by atoms with E-state index < -0.39 is 10.2 Å². The van der Waals surface area contributed by atoms with Crippen molar-refractivity contribution in [1.29, 1.82) is 0 Å². The van der Waals surface area contributed by atoms with Crippen LogP contribution in [0.3, 0.4) is 0 Å². The molecule has 1 fully saturated rings. The molecule has 0 unspecified atom stereocenters. The number of piperazine rings is 1. The number of hydrogen-bond donors (Lipinski definition) is 2. The largest absolute Gasteiger partial charge is 0.399 e. The van der Waals surface area contributed by atoms with Gasteiger partial charge in [0.15, 0.2) is 0 Å². The first kappa shape index (κ1) is 14.8. The van der Waals surface area contributed by atoms with E-state index in [9.17, 15) is 13.2 Å². The summed E-state index contributed by atoms with van der Waals surface area (Å²) in [4.78, 5) is 13.8. The van der Waals surface area contributed by atoms with Gasteiger partial charge in [0.05, 0.1) is 6.42 Å². The van der Waals surface area contributed by atoms with Crippen molar-refractivity contribution in [2.45, 2.75) is 6.42 Å². The number of anilines is 1. The fraction of sp³-hybridized carbons (Fsp3) is 0.417. The summed E-state index contributed by atoms with van der Waals surface area (Å²) in [6.07, 6.45) is 0.287. The number of benzene rings is 1. The lowest BCUT2D eigenvalue weighted by Crippen LogP contribution is -2.52. The van der Waals surface area contributed by atoms with Crippen LogP contribution in [0.1, 0.15) is 5.56 Å². The highest BCUT2D eigenvalue weighted by Crippen LogP contribution is 2.10. The average Bonchev–Trinajstić information content (AvgIpc) is 2.40. The molecule has 1 aromatic carbocycles. The van der Waals surface area contributed by atoms with Gasteiger partial charge in [-0.15, -0.1) is 0 Å². The smallest absolute Gasteiger partial charge is 0.277 e. The lowest BCUT2D eigenvalue weighted by atomic mass is 10.1. The highest BCUT2D eigenvalue weighted by atomic mass is 32.2. The zero-order valence-electron chi connectivity index (χ0n) is 11.0. The second-order valence-electron chi connectivity index (χ2n) is 4.74. The average molecular weight is 298 g/mol. The third-order valence-corrected chi connectivity index (χ3v) is 4.37. The minimum absolute atomic E-state index is 0.0242. The predicted octanol–water partition coefficient (Wildman–Crippen LogP) is -0.841. The number of rotatable bonds is 3. The molecule has 20 heavy (non-hydrogen) atoms. The zero-order chi connectivity index (χ0) is 14.8. The van der Waals surface area contributed by atoms with Crippen molar-refractivity contribution < 1.29 is 13.2 Å². The molecule has 0 saturated carbocycles. The van der Waals surface area contributed by atoms with Crippen molar-refractivity contribution in [3.05, 3.63) is 29.8 Å². The first-order valence-electron chi connectivity index (χ1n) is 6.26. The Hall–Kier alpha value is -1.64. The number of amides is 1. The quantitative estimate of drug-likeness (QED) is 0.709. The van der Waals surface area contributed by atoms with Crippen molar-refractivity contribution in [3.8, 4) is 0 Å². The fourth-order valence-electron chi connectivity index (χ4n) is 2.11. The van der Waals surface area contributed by atoms with Crippen LogP contribution in [0.4, 0.5) is 5.69 Å².